The largest absolute Gasteiger partial charge is 0.497 e. The number of methoxy groups -OCH3 is 2. The Morgan fingerprint density at radius 2 is 1.81 bits per heavy atom. The van der Waals surface area contributed by atoms with Crippen molar-refractivity contribution in [2.75, 3.05) is 27.4 Å². The van der Waals surface area contributed by atoms with Crippen molar-refractivity contribution in [1.29, 1.82) is 5.26 Å². The van der Waals surface area contributed by atoms with Crippen molar-refractivity contribution in [3.8, 4) is 23.3 Å². The lowest BCUT2D eigenvalue weighted by Crippen LogP contribution is -2.40. The summed E-state index contributed by atoms with van der Waals surface area (Å²) < 4.78 is 23.7. The average molecular weight is 582 g/mol. The molecule has 0 fully saturated rings. The van der Waals surface area contributed by atoms with Gasteiger partial charge >= 0.3 is 5.97 Å². The number of benzene rings is 3. The van der Waals surface area contributed by atoms with Crippen LogP contribution in [0.5, 0.6) is 17.2 Å². The van der Waals surface area contributed by atoms with Crippen molar-refractivity contribution in [1.82, 2.24) is 4.57 Å². The van der Waals surface area contributed by atoms with Crippen LogP contribution in [0.15, 0.2) is 88.2 Å². The van der Waals surface area contributed by atoms with Crippen molar-refractivity contribution < 1.29 is 23.7 Å². The van der Waals surface area contributed by atoms with Crippen molar-refractivity contribution >= 4 is 29.1 Å². The van der Waals surface area contributed by atoms with Crippen LogP contribution >= 0.6 is 11.3 Å². The molecule has 3 aromatic carbocycles. The van der Waals surface area contributed by atoms with Gasteiger partial charge in [0.2, 0.25) is 0 Å². The fourth-order valence-corrected chi connectivity index (χ4v) is 5.70. The van der Waals surface area contributed by atoms with Gasteiger partial charge in [-0.1, -0.05) is 59.9 Å². The number of hydrogen-bond acceptors (Lipinski definition) is 9. The number of thiazole rings is 1. The molecule has 2 heterocycles. The molecule has 0 aliphatic carbocycles. The first-order chi connectivity index (χ1) is 20.5. The summed E-state index contributed by atoms with van der Waals surface area (Å²) in [5.41, 5.74) is 2.54. The quantitative estimate of drug-likeness (QED) is 0.276. The highest BCUT2D eigenvalue weighted by Crippen LogP contribution is 2.35. The van der Waals surface area contributed by atoms with Crippen LogP contribution in [0, 0.1) is 11.3 Å². The molecule has 1 aromatic heterocycles. The van der Waals surface area contributed by atoms with Crippen LogP contribution in [-0.2, 0) is 9.53 Å². The fraction of sp³-hybridized carbons (Fsp3) is 0.188. The summed E-state index contributed by atoms with van der Waals surface area (Å²) in [5, 5.41) is 8.85. The lowest BCUT2D eigenvalue weighted by Gasteiger charge is -2.26. The second-order valence-electron chi connectivity index (χ2n) is 9.06. The monoisotopic (exact) mass is 581 g/mol. The molecule has 0 bridgehead atoms. The van der Waals surface area contributed by atoms with Crippen LogP contribution < -0.4 is 29.1 Å². The number of carbonyl (C=O) groups excluding carboxylic acids is 1. The van der Waals surface area contributed by atoms with E-state index in [2.05, 4.69) is 0 Å². The highest BCUT2D eigenvalue weighted by atomic mass is 32.1. The van der Waals surface area contributed by atoms with Crippen molar-refractivity contribution in [3.63, 3.8) is 0 Å². The molecular weight excluding hydrogens is 554 g/mol. The summed E-state index contributed by atoms with van der Waals surface area (Å²) in [6, 6.07) is 22.9. The Kier molecular flexibility index (Phi) is 8.50. The normalized spacial score (nSPS) is 14.4. The van der Waals surface area contributed by atoms with E-state index < -0.39 is 12.0 Å². The Labute approximate surface area is 245 Å². The van der Waals surface area contributed by atoms with E-state index in [1.54, 1.807) is 55.0 Å². The lowest BCUT2D eigenvalue weighted by molar-refractivity contribution is -0.138. The van der Waals surface area contributed by atoms with E-state index in [0.717, 1.165) is 5.56 Å². The fourth-order valence-electron chi connectivity index (χ4n) is 4.70. The molecule has 42 heavy (non-hydrogen) atoms. The predicted molar refractivity (Wildman–Crippen MR) is 158 cm³/mol. The third kappa shape index (κ3) is 5.55. The first-order valence-corrected chi connectivity index (χ1v) is 13.9. The first kappa shape index (κ1) is 28.4. The second kappa shape index (κ2) is 12.6. The molecule has 0 unspecified atom stereocenters. The number of nitriles is 1. The van der Waals surface area contributed by atoms with Crippen molar-refractivity contribution in [2.24, 2.45) is 4.99 Å². The molecule has 0 amide bonds. The van der Waals surface area contributed by atoms with E-state index in [0.29, 0.717) is 43.4 Å². The second-order valence-corrected chi connectivity index (χ2v) is 10.1. The van der Waals surface area contributed by atoms with Gasteiger partial charge in [0.15, 0.2) is 22.9 Å². The molecular formula is C32H27N3O6S. The van der Waals surface area contributed by atoms with E-state index in [1.807, 2.05) is 48.5 Å². The minimum absolute atomic E-state index is 0.119. The smallest absolute Gasteiger partial charge is 0.338 e. The van der Waals surface area contributed by atoms with E-state index in [-0.39, 0.29) is 24.3 Å². The minimum atomic E-state index is -0.792. The van der Waals surface area contributed by atoms with Gasteiger partial charge in [0, 0.05) is 5.56 Å². The number of fused-ring (bicyclic) bond motifs is 1. The molecule has 10 heteroatoms. The molecule has 1 atom stereocenters. The maximum atomic E-state index is 14.0. The van der Waals surface area contributed by atoms with Crippen molar-refractivity contribution in [2.45, 2.75) is 13.0 Å². The predicted octanol–water partition coefficient (Wildman–Crippen LogP) is 3.86. The summed E-state index contributed by atoms with van der Waals surface area (Å²) in [6.07, 6.45) is 1.74. The number of ether oxygens (including phenoxy) is 4. The Balaban J connectivity index is 1.75. The Bertz CT molecular complexity index is 1870. The topological polar surface area (TPSA) is 112 Å². The zero-order valence-corrected chi connectivity index (χ0v) is 24.0. The first-order valence-electron chi connectivity index (χ1n) is 13.1. The maximum absolute atomic E-state index is 14.0. The summed E-state index contributed by atoms with van der Waals surface area (Å²) in [5.74, 6) is 0.947. The lowest BCUT2D eigenvalue weighted by atomic mass is 9.93. The zero-order chi connectivity index (χ0) is 29.6. The molecule has 0 spiro atoms. The maximum Gasteiger partial charge on any atom is 0.338 e. The zero-order valence-electron chi connectivity index (χ0n) is 23.2. The van der Waals surface area contributed by atoms with Gasteiger partial charge in [0.25, 0.3) is 5.56 Å². The summed E-state index contributed by atoms with van der Waals surface area (Å²) in [7, 11) is 3.08. The van der Waals surface area contributed by atoms with Crippen LogP contribution in [0.4, 0.5) is 0 Å². The van der Waals surface area contributed by atoms with Crippen molar-refractivity contribution in [3.05, 3.63) is 115 Å². The van der Waals surface area contributed by atoms with Crippen LogP contribution in [0.1, 0.15) is 29.7 Å². The Morgan fingerprint density at radius 3 is 2.48 bits per heavy atom. The molecule has 1 aliphatic heterocycles. The van der Waals surface area contributed by atoms with E-state index >= 15 is 0 Å². The average Bonchev–Trinajstić information content (AvgIpc) is 3.34. The van der Waals surface area contributed by atoms with Gasteiger partial charge in [-0.2, -0.15) is 5.26 Å². The number of rotatable bonds is 9. The number of aromatic nitrogens is 1. The highest BCUT2D eigenvalue weighted by Gasteiger charge is 2.35. The van der Waals surface area contributed by atoms with Crippen LogP contribution in [-0.4, -0.2) is 38.0 Å². The Morgan fingerprint density at radius 1 is 1.05 bits per heavy atom. The molecule has 5 rings (SSSR count). The molecule has 0 saturated carbocycles. The molecule has 212 valence electrons. The van der Waals surface area contributed by atoms with E-state index in [1.165, 1.54) is 18.4 Å². The molecule has 0 saturated heterocycles. The number of nitrogens with zero attached hydrogens (tertiary/aromatic N) is 3. The summed E-state index contributed by atoms with van der Waals surface area (Å²) in [6.45, 7) is 1.79. The summed E-state index contributed by atoms with van der Waals surface area (Å²) >= 11 is 1.22. The summed E-state index contributed by atoms with van der Waals surface area (Å²) in [4.78, 5) is 32.9. The van der Waals surface area contributed by atoms with Crippen LogP contribution in [0.25, 0.3) is 11.8 Å². The molecule has 9 nitrogen and oxygen atoms in total. The van der Waals surface area contributed by atoms with E-state index in [4.69, 9.17) is 29.2 Å². The van der Waals surface area contributed by atoms with Gasteiger partial charge in [-0.25, -0.2) is 9.79 Å². The van der Waals surface area contributed by atoms with Gasteiger partial charge in [-0.05, 0) is 48.4 Å². The van der Waals surface area contributed by atoms with Gasteiger partial charge in [-0.3, -0.25) is 9.36 Å². The third-order valence-corrected chi connectivity index (χ3v) is 7.57. The molecule has 0 N–H and O–H groups in total. The molecule has 4 aromatic rings. The number of esters is 1. The molecule has 0 radical (unpaired) electrons. The van der Waals surface area contributed by atoms with Crippen LogP contribution in [0.2, 0.25) is 0 Å². The number of carbonyl (C=O) groups is 1. The number of hydrogen-bond donors (Lipinski definition) is 0. The highest BCUT2D eigenvalue weighted by molar-refractivity contribution is 7.07. The minimum Gasteiger partial charge on any atom is -0.497 e. The van der Waals surface area contributed by atoms with Gasteiger partial charge in [0.05, 0.1) is 42.7 Å². The van der Waals surface area contributed by atoms with Gasteiger partial charge in [-0.15, -0.1) is 0 Å². The SMILES string of the molecule is CCOC(=O)C1=C(c2ccccc2)N=c2s/c(=C\c3ccc(OCC#N)c(OC)c3)c(=O)n2[C@H]1c1ccc(OC)cc1. The Hall–Kier alpha value is -5.14. The molecule has 1 aliphatic rings. The van der Waals surface area contributed by atoms with Gasteiger partial charge in [0.1, 0.15) is 11.8 Å². The van der Waals surface area contributed by atoms with Crippen LogP contribution in [0.3, 0.4) is 0 Å². The van der Waals surface area contributed by atoms with Gasteiger partial charge < -0.3 is 18.9 Å². The standard InChI is InChI=1S/C32H27N3O6S/c1-4-40-31(37)27-28(21-8-6-5-7-9-21)34-32-35(29(27)22-11-13-23(38-2)14-12-22)30(36)26(42-32)19-20-10-15-24(41-17-16-33)25(18-20)39-3/h5-15,18-19,29H,4,17H2,1-3H3/b26-19-/t29-/m0/s1. The third-order valence-electron chi connectivity index (χ3n) is 6.58. The van der Waals surface area contributed by atoms with E-state index in [9.17, 15) is 9.59 Å².